The van der Waals surface area contributed by atoms with Crippen molar-refractivity contribution in [3.8, 4) is 22.3 Å². The minimum absolute atomic E-state index is 0.0156. The van der Waals surface area contributed by atoms with Gasteiger partial charge in [0.05, 0.1) is 12.6 Å². The molecule has 0 bridgehead atoms. The summed E-state index contributed by atoms with van der Waals surface area (Å²) >= 11 is 0. The summed E-state index contributed by atoms with van der Waals surface area (Å²) in [4.78, 5) is 56.4. The fourth-order valence-electron chi connectivity index (χ4n) is 10.5. The average molecular weight is 881 g/mol. The minimum atomic E-state index is -3.58. The van der Waals surface area contributed by atoms with Crippen molar-refractivity contribution in [3.63, 3.8) is 0 Å². The average Bonchev–Trinajstić information content (AvgIpc) is 4.05. The Labute approximate surface area is 378 Å². The summed E-state index contributed by atoms with van der Waals surface area (Å²) in [7, 11) is 0. The van der Waals surface area contributed by atoms with Crippen LogP contribution in [0.25, 0.3) is 22.3 Å². The lowest BCUT2D eigenvalue weighted by Gasteiger charge is -2.37. The number of alkyl carbamates (subject to hydrolysis) is 1. The number of hydrogen-bond acceptors (Lipinski definition) is 6. The first kappa shape index (κ1) is 43.7. The maximum Gasteiger partial charge on any atom is 0.410 e. The predicted octanol–water partition coefficient (Wildman–Crippen LogP) is 9.37. The third kappa shape index (κ3) is 9.35. The van der Waals surface area contributed by atoms with Gasteiger partial charge in [-0.15, -0.1) is 0 Å². The Morgan fingerprint density at radius 3 is 1.68 bits per heavy atom. The summed E-state index contributed by atoms with van der Waals surface area (Å²) in [5, 5.41) is 7.80. The monoisotopic (exact) mass is 880 g/mol. The van der Waals surface area contributed by atoms with Crippen molar-refractivity contribution in [1.82, 2.24) is 20.9 Å². The van der Waals surface area contributed by atoms with Gasteiger partial charge in [-0.25, -0.2) is 18.4 Å². The predicted molar refractivity (Wildman–Crippen MR) is 243 cm³/mol. The standard InChI is InChI=1S/C53H54F2N4O6/c54-53(55,33-56-50(61)47-28-15-29-59(47)52(63)65-32-45-42-26-13-9-22-38(42)39-23-10-14-27-43(39)45)48(35-18-5-2-6-19-35)58-49(60)46(30-34-16-3-1-4-17-34)57-51(62)64-31-44-40-24-11-7-20-36(40)37-21-8-12-25-41(37)44/h1,3-4,7-14,16-17,20-27,35,44-48H,2,5-6,15,18-19,28-33H2,(H,56,61)(H,57,62)(H,58,60)/t46-,47+,48-/m1/s1. The van der Waals surface area contributed by atoms with E-state index in [0.717, 1.165) is 69.3 Å². The quantitative estimate of drug-likeness (QED) is 0.102. The molecule has 3 atom stereocenters. The van der Waals surface area contributed by atoms with Crippen LogP contribution in [-0.2, 0) is 25.5 Å². The molecule has 0 radical (unpaired) electrons. The van der Waals surface area contributed by atoms with Crippen molar-refractivity contribution in [2.45, 2.75) is 87.3 Å². The van der Waals surface area contributed by atoms with Crippen molar-refractivity contribution in [1.29, 1.82) is 0 Å². The van der Waals surface area contributed by atoms with E-state index in [-0.39, 0.29) is 38.0 Å². The van der Waals surface area contributed by atoms with Crippen molar-refractivity contribution in [2.24, 2.45) is 5.92 Å². The second kappa shape index (κ2) is 19.3. The smallest absolute Gasteiger partial charge is 0.410 e. The number of carbonyl (C=O) groups excluding carboxylic acids is 4. The Bertz CT molecular complexity index is 2440. The number of rotatable bonds is 14. The highest BCUT2D eigenvalue weighted by molar-refractivity contribution is 5.88. The van der Waals surface area contributed by atoms with Crippen LogP contribution in [-0.4, -0.2) is 79.3 Å². The molecule has 12 heteroatoms. The van der Waals surface area contributed by atoms with Crippen molar-refractivity contribution < 1.29 is 37.4 Å². The summed E-state index contributed by atoms with van der Waals surface area (Å²) < 4.78 is 45.1. The van der Waals surface area contributed by atoms with E-state index in [1.807, 2.05) is 103 Å². The first-order valence-corrected chi connectivity index (χ1v) is 22.9. The van der Waals surface area contributed by atoms with E-state index in [2.05, 4.69) is 16.0 Å². The number of hydrogen-bond donors (Lipinski definition) is 3. The number of benzene rings is 5. The van der Waals surface area contributed by atoms with Gasteiger partial charge in [-0.05, 0) is 81.7 Å². The lowest BCUT2D eigenvalue weighted by atomic mass is 9.81. The van der Waals surface area contributed by atoms with Gasteiger partial charge in [-0.1, -0.05) is 147 Å². The van der Waals surface area contributed by atoms with Gasteiger partial charge in [-0.2, -0.15) is 0 Å². The van der Waals surface area contributed by atoms with E-state index in [1.165, 1.54) is 4.90 Å². The normalized spacial score (nSPS) is 17.8. The number of nitrogens with one attached hydrogen (secondary N) is 3. The second-order valence-corrected chi connectivity index (χ2v) is 17.7. The third-order valence-electron chi connectivity index (χ3n) is 13.7. The van der Waals surface area contributed by atoms with Crippen LogP contribution < -0.4 is 16.0 Å². The van der Waals surface area contributed by atoms with Gasteiger partial charge in [0.1, 0.15) is 25.3 Å². The van der Waals surface area contributed by atoms with Crippen LogP contribution >= 0.6 is 0 Å². The molecule has 0 spiro atoms. The number of halogens is 2. The van der Waals surface area contributed by atoms with Crippen LogP contribution in [0.4, 0.5) is 18.4 Å². The molecule has 4 amide bonds. The first-order valence-electron chi connectivity index (χ1n) is 22.9. The number of amides is 4. The SMILES string of the molecule is O=C(N[C@H](Cc1ccccc1)C(=O)N[C@H](C1CCCCC1)C(F)(F)CNC(=O)[C@@H]1CCCN1C(=O)OCC1c2ccccc2-c2ccccc21)OCC1c2ccccc2-c2ccccc21. The maximum absolute atomic E-state index is 16.7. The maximum atomic E-state index is 16.7. The molecule has 5 aromatic rings. The Hall–Kier alpha value is -6.56. The molecule has 5 aromatic carbocycles. The van der Waals surface area contributed by atoms with E-state index in [1.54, 1.807) is 24.3 Å². The number of alkyl halides is 2. The van der Waals surface area contributed by atoms with Gasteiger partial charge in [0.25, 0.3) is 5.92 Å². The highest BCUT2D eigenvalue weighted by atomic mass is 19.3. The summed E-state index contributed by atoms with van der Waals surface area (Å²) in [5.74, 6) is -6.02. The minimum Gasteiger partial charge on any atom is -0.449 e. The zero-order valence-electron chi connectivity index (χ0n) is 36.2. The second-order valence-electron chi connectivity index (χ2n) is 17.7. The number of fused-ring (bicyclic) bond motifs is 6. The van der Waals surface area contributed by atoms with E-state index < -0.39 is 60.5 Å². The van der Waals surface area contributed by atoms with Crippen molar-refractivity contribution >= 4 is 24.0 Å². The highest BCUT2D eigenvalue weighted by Crippen LogP contribution is 2.46. The molecular formula is C53H54F2N4O6. The number of nitrogens with zero attached hydrogens (tertiary/aromatic N) is 1. The Balaban J connectivity index is 0.853. The fraction of sp³-hybridized carbons (Fsp3) is 0.358. The molecule has 1 saturated carbocycles. The number of ether oxygens (including phenoxy) is 2. The van der Waals surface area contributed by atoms with Gasteiger partial charge >= 0.3 is 12.2 Å². The highest BCUT2D eigenvalue weighted by Gasteiger charge is 2.47. The Morgan fingerprint density at radius 2 is 1.12 bits per heavy atom. The zero-order valence-corrected chi connectivity index (χ0v) is 36.2. The molecule has 65 heavy (non-hydrogen) atoms. The third-order valence-corrected chi connectivity index (χ3v) is 13.7. The van der Waals surface area contributed by atoms with Crippen molar-refractivity contribution in [3.05, 3.63) is 155 Å². The Morgan fingerprint density at radius 1 is 0.615 bits per heavy atom. The summed E-state index contributed by atoms with van der Waals surface area (Å²) in [5.41, 5.74) is 9.20. The summed E-state index contributed by atoms with van der Waals surface area (Å²) in [6.07, 6.45) is 2.62. The van der Waals surface area contributed by atoms with Crippen LogP contribution in [0.1, 0.15) is 84.6 Å². The molecule has 0 unspecified atom stereocenters. The molecule has 2 fully saturated rings. The molecular weight excluding hydrogens is 827 g/mol. The van der Waals surface area contributed by atoms with Crippen LogP contribution in [0.5, 0.6) is 0 Å². The zero-order chi connectivity index (χ0) is 44.9. The van der Waals surface area contributed by atoms with Gasteiger partial charge in [0, 0.05) is 24.8 Å². The first-order chi connectivity index (χ1) is 31.7. The summed E-state index contributed by atoms with van der Waals surface area (Å²) in [6.45, 7) is -0.710. The van der Waals surface area contributed by atoms with E-state index >= 15 is 8.78 Å². The van der Waals surface area contributed by atoms with Crippen molar-refractivity contribution in [2.75, 3.05) is 26.3 Å². The van der Waals surface area contributed by atoms with E-state index in [9.17, 15) is 19.2 Å². The Kier molecular flexibility index (Phi) is 13.0. The lowest BCUT2D eigenvalue weighted by Crippen LogP contribution is -2.61. The van der Waals surface area contributed by atoms with Gasteiger partial charge in [0.2, 0.25) is 11.8 Å². The fourth-order valence-corrected chi connectivity index (χ4v) is 10.5. The molecule has 3 aliphatic carbocycles. The van der Waals surface area contributed by atoms with Gasteiger partial charge in [0.15, 0.2) is 0 Å². The molecule has 1 heterocycles. The number of carbonyl (C=O) groups is 4. The summed E-state index contributed by atoms with van der Waals surface area (Å²) in [6, 6.07) is 37.1. The molecule has 4 aliphatic rings. The molecule has 3 N–H and O–H groups in total. The topological polar surface area (TPSA) is 126 Å². The molecule has 9 rings (SSSR count). The molecule has 0 aromatic heterocycles. The van der Waals surface area contributed by atoms with Crippen LogP contribution in [0.15, 0.2) is 127 Å². The van der Waals surface area contributed by atoms with Crippen LogP contribution in [0.3, 0.4) is 0 Å². The lowest BCUT2D eigenvalue weighted by molar-refractivity contribution is -0.132. The van der Waals surface area contributed by atoms with Crippen LogP contribution in [0.2, 0.25) is 0 Å². The van der Waals surface area contributed by atoms with Gasteiger partial charge < -0.3 is 25.4 Å². The van der Waals surface area contributed by atoms with E-state index in [0.29, 0.717) is 25.7 Å². The number of likely N-dealkylation sites (tertiary alicyclic amines) is 1. The molecule has 1 aliphatic heterocycles. The largest absolute Gasteiger partial charge is 0.449 e. The molecule has 336 valence electrons. The van der Waals surface area contributed by atoms with Gasteiger partial charge in [-0.3, -0.25) is 14.5 Å². The molecule has 1 saturated heterocycles. The van der Waals surface area contributed by atoms with Crippen LogP contribution in [0, 0.1) is 5.92 Å². The molecule has 10 nitrogen and oxygen atoms in total. The van der Waals surface area contributed by atoms with E-state index in [4.69, 9.17) is 9.47 Å².